The maximum Gasteiger partial charge on any atom is 0.123 e. The number of aliphatic hydroxyl groups excluding tert-OH is 1. The molecule has 2 nitrogen and oxygen atoms in total. The summed E-state index contributed by atoms with van der Waals surface area (Å²) in [5, 5.41) is 13.6. The largest absolute Gasteiger partial charge is 0.382 e. The van der Waals surface area contributed by atoms with Crippen molar-refractivity contribution in [3.05, 3.63) is 37.4 Å². The molecule has 0 aliphatic carbocycles. The molecule has 2 heterocycles. The molecule has 0 aromatic carbocycles. The summed E-state index contributed by atoms with van der Waals surface area (Å²) in [5.74, 6) is 0. The van der Waals surface area contributed by atoms with Crippen LogP contribution in [0.2, 0.25) is 0 Å². The molecule has 68 valence electrons. The van der Waals surface area contributed by atoms with Crippen LogP contribution in [-0.4, -0.2) is 10.1 Å². The highest BCUT2D eigenvalue weighted by atomic mass is 79.9. The minimum Gasteiger partial charge on any atom is -0.382 e. The van der Waals surface area contributed by atoms with Gasteiger partial charge in [0.25, 0.3) is 0 Å². The second kappa shape index (κ2) is 3.88. The van der Waals surface area contributed by atoms with Crippen molar-refractivity contribution >= 4 is 38.6 Å². The summed E-state index contributed by atoms with van der Waals surface area (Å²) in [6.45, 7) is 0. The Morgan fingerprint density at radius 1 is 1.46 bits per heavy atom. The van der Waals surface area contributed by atoms with Crippen molar-refractivity contribution in [1.29, 1.82) is 0 Å². The van der Waals surface area contributed by atoms with E-state index in [1.807, 2.05) is 16.8 Å². The average Bonchev–Trinajstić information content (AvgIpc) is 2.72. The van der Waals surface area contributed by atoms with Gasteiger partial charge in [0, 0.05) is 5.38 Å². The Kier molecular flexibility index (Phi) is 2.78. The number of hydrogen-bond acceptors (Lipinski definition) is 4. The third-order valence-electron chi connectivity index (χ3n) is 1.64. The molecule has 2 rings (SSSR count). The van der Waals surface area contributed by atoms with Gasteiger partial charge in [-0.25, -0.2) is 4.98 Å². The summed E-state index contributed by atoms with van der Waals surface area (Å²) in [5.41, 5.74) is 3.33. The van der Waals surface area contributed by atoms with E-state index in [9.17, 15) is 5.11 Å². The number of thiazole rings is 1. The number of hydrogen-bond donors (Lipinski definition) is 1. The molecule has 2 aromatic heterocycles. The lowest BCUT2D eigenvalue weighted by molar-refractivity contribution is 0.216. The van der Waals surface area contributed by atoms with Crippen LogP contribution in [0.1, 0.15) is 17.4 Å². The molecule has 0 spiro atoms. The van der Waals surface area contributed by atoms with Gasteiger partial charge >= 0.3 is 0 Å². The molecule has 0 fully saturated rings. The van der Waals surface area contributed by atoms with Crippen LogP contribution in [0, 0.1) is 0 Å². The number of aromatic nitrogens is 1. The molecule has 1 atom stereocenters. The number of halogens is 1. The summed E-state index contributed by atoms with van der Waals surface area (Å²) < 4.78 is 1.02. The third kappa shape index (κ3) is 1.99. The van der Waals surface area contributed by atoms with Crippen molar-refractivity contribution in [3.8, 4) is 0 Å². The maximum absolute atomic E-state index is 9.82. The van der Waals surface area contributed by atoms with Gasteiger partial charge in [0.15, 0.2) is 0 Å². The normalized spacial score (nSPS) is 13.1. The first-order valence-electron chi connectivity index (χ1n) is 3.57. The SMILES string of the molecule is OC(c1csc(Br)c1)c1cscn1. The van der Waals surface area contributed by atoms with Crippen molar-refractivity contribution in [2.45, 2.75) is 6.10 Å². The summed E-state index contributed by atoms with van der Waals surface area (Å²) in [7, 11) is 0. The number of rotatable bonds is 2. The van der Waals surface area contributed by atoms with E-state index in [1.165, 1.54) is 11.3 Å². The molecule has 0 saturated carbocycles. The lowest BCUT2D eigenvalue weighted by Crippen LogP contribution is -1.97. The van der Waals surface area contributed by atoms with Gasteiger partial charge in [0.2, 0.25) is 0 Å². The minimum atomic E-state index is -0.589. The van der Waals surface area contributed by atoms with Crippen LogP contribution in [-0.2, 0) is 0 Å². The topological polar surface area (TPSA) is 33.1 Å². The highest BCUT2D eigenvalue weighted by Crippen LogP contribution is 2.28. The molecule has 13 heavy (non-hydrogen) atoms. The van der Waals surface area contributed by atoms with Gasteiger partial charge in [0.1, 0.15) is 6.10 Å². The van der Waals surface area contributed by atoms with E-state index in [-0.39, 0.29) is 0 Å². The van der Waals surface area contributed by atoms with Crippen molar-refractivity contribution < 1.29 is 5.11 Å². The molecular weight excluding hydrogens is 270 g/mol. The van der Waals surface area contributed by atoms with Crippen molar-refractivity contribution in [1.82, 2.24) is 4.98 Å². The zero-order chi connectivity index (χ0) is 9.26. The second-order valence-corrected chi connectivity index (χ2v) is 5.51. The Labute approximate surface area is 92.0 Å². The molecule has 0 bridgehead atoms. The van der Waals surface area contributed by atoms with Gasteiger partial charge in [-0.3, -0.25) is 0 Å². The van der Waals surface area contributed by atoms with Crippen LogP contribution in [0.15, 0.2) is 26.1 Å². The summed E-state index contributed by atoms with van der Waals surface area (Å²) >= 11 is 6.41. The smallest absolute Gasteiger partial charge is 0.123 e. The van der Waals surface area contributed by atoms with Gasteiger partial charge in [0.05, 0.1) is 15.0 Å². The van der Waals surface area contributed by atoms with Crippen LogP contribution < -0.4 is 0 Å². The Balaban J connectivity index is 2.28. The number of nitrogens with zero attached hydrogens (tertiary/aromatic N) is 1. The molecule has 0 saturated heterocycles. The first-order chi connectivity index (χ1) is 6.27. The molecule has 1 unspecified atom stereocenters. The van der Waals surface area contributed by atoms with E-state index in [0.717, 1.165) is 15.0 Å². The van der Waals surface area contributed by atoms with E-state index < -0.39 is 6.10 Å². The van der Waals surface area contributed by atoms with E-state index in [2.05, 4.69) is 20.9 Å². The summed E-state index contributed by atoms with van der Waals surface area (Å²) in [6, 6.07) is 1.91. The summed E-state index contributed by atoms with van der Waals surface area (Å²) in [6.07, 6.45) is -0.589. The van der Waals surface area contributed by atoms with Crippen molar-refractivity contribution in [2.75, 3.05) is 0 Å². The Bertz CT molecular complexity index is 385. The molecule has 0 radical (unpaired) electrons. The van der Waals surface area contributed by atoms with E-state index in [4.69, 9.17) is 0 Å². The van der Waals surface area contributed by atoms with Crippen molar-refractivity contribution in [3.63, 3.8) is 0 Å². The van der Waals surface area contributed by atoms with Crippen LogP contribution in [0.25, 0.3) is 0 Å². The highest BCUT2D eigenvalue weighted by Gasteiger charge is 2.13. The Morgan fingerprint density at radius 2 is 2.31 bits per heavy atom. The zero-order valence-electron chi connectivity index (χ0n) is 6.48. The second-order valence-electron chi connectivity index (χ2n) is 2.50. The maximum atomic E-state index is 9.82. The van der Waals surface area contributed by atoms with Crippen LogP contribution in [0.4, 0.5) is 0 Å². The third-order valence-corrected chi connectivity index (χ3v) is 3.76. The van der Waals surface area contributed by atoms with Gasteiger partial charge < -0.3 is 5.11 Å². The standard InChI is InChI=1S/C8H6BrNOS2/c9-7-1-5(2-13-7)8(11)6-3-12-4-10-6/h1-4,8,11H. The van der Waals surface area contributed by atoms with Crippen LogP contribution >= 0.6 is 38.6 Å². The molecular formula is C8H6BrNOS2. The van der Waals surface area contributed by atoms with Crippen LogP contribution in [0.3, 0.4) is 0 Å². The highest BCUT2D eigenvalue weighted by molar-refractivity contribution is 9.11. The predicted octanol–water partition coefficient (Wildman–Crippen LogP) is 3.05. The Hall–Kier alpha value is -0.230. The van der Waals surface area contributed by atoms with Gasteiger partial charge in [-0.2, -0.15) is 0 Å². The fourth-order valence-electron chi connectivity index (χ4n) is 0.994. The van der Waals surface area contributed by atoms with Gasteiger partial charge in [-0.15, -0.1) is 22.7 Å². The molecule has 1 N–H and O–H groups in total. The predicted molar refractivity (Wildman–Crippen MR) is 58.2 cm³/mol. The van der Waals surface area contributed by atoms with E-state index in [0.29, 0.717) is 0 Å². The lowest BCUT2D eigenvalue weighted by atomic mass is 10.1. The van der Waals surface area contributed by atoms with Gasteiger partial charge in [-0.05, 0) is 32.9 Å². The molecule has 0 amide bonds. The molecule has 2 aromatic rings. The fourth-order valence-corrected chi connectivity index (χ4v) is 2.76. The van der Waals surface area contributed by atoms with Crippen LogP contribution in [0.5, 0.6) is 0 Å². The minimum absolute atomic E-state index is 0.589. The molecule has 0 aliphatic rings. The number of aliphatic hydroxyl groups is 1. The lowest BCUT2D eigenvalue weighted by Gasteiger charge is -2.03. The first kappa shape index (κ1) is 9.33. The zero-order valence-corrected chi connectivity index (χ0v) is 9.69. The van der Waals surface area contributed by atoms with Gasteiger partial charge in [-0.1, -0.05) is 0 Å². The van der Waals surface area contributed by atoms with E-state index >= 15 is 0 Å². The molecule has 5 heteroatoms. The fraction of sp³-hybridized carbons (Fsp3) is 0.125. The summed E-state index contributed by atoms with van der Waals surface area (Å²) in [4.78, 5) is 4.06. The first-order valence-corrected chi connectivity index (χ1v) is 6.19. The average molecular weight is 276 g/mol. The Morgan fingerprint density at radius 3 is 2.85 bits per heavy atom. The quantitative estimate of drug-likeness (QED) is 0.914. The monoisotopic (exact) mass is 275 g/mol. The van der Waals surface area contributed by atoms with E-state index in [1.54, 1.807) is 16.8 Å². The molecule has 0 aliphatic heterocycles. The number of thiophene rings is 1. The van der Waals surface area contributed by atoms with Crippen molar-refractivity contribution in [2.24, 2.45) is 0 Å².